The molecule has 6 aromatic rings. The Labute approximate surface area is 677 Å². The highest BCUT2D eigenvalue weighted by Gasteiger charge is 2.46. The molecule has 32 nitrogen and oxygen atoms in total. The molecule has 34 heteroatoms. The first-order valence-corrected chi connectivity index (χ1v) is 40.8. The lowest BCUT2D eigenvalue weighted by Crippen LogP contribution is -2.43. The Hall–Kier alpha value is -6.86. The van der Waals surface area contributed by atoms with Crippen LogP contribution in [0.3, 0.4) is 0 Å². The van der Waals surface area contributed by atoms with Crippen LogP contribution in [-0.4, -0.2) is 255 Å². The van der Waals surface area contributed by atoms with Crippen molar-refractivity contribution in [2.24, 2.45) is 35.5 Å². The minimum Gasteiger partial charge on any atom is -0.726 e. The van der Waals surface area contributed by atoms with Gasteiger partial charge in [-0.25, -0.2) is 16.8 Å². The van der Waals surface area contributed by atoms with Gasteiger partial charge in [0.1, 0.15) is 58.9 Å². The molecule has 0 bridgehead atoms. The van der Waals surface area contributed by atoms with Crippen LogP contribution in [0.1, 0.15) is 84.7 Å². The smallest absolute Gasteiger partial charge is 0.218 e. The highest BCUT2D eigenvalue weighted by molar-refractivity contribution is 7.81. The molecule has 4 fully saturated rings. The third-order valence-electron chi connectivity index (χ3n) is 21.1. The van der Waals surface area contributed by atoms with Crippen molar-refractivity contribution >= 4 is 20.8 Å². The summed E-state index contributed by atoms with van der Waals surface area (Å²) >= 11 is 0. The summed E-state index contributed by atoms with van der Waals surface area (Å²) in [7, 11) is -0.319. The molecule has 0 saturated heterocycles. The summed E-state index contributed by atoms with van der Waals surface area (Å²) in [5.41, 5.74) is 6.69. The van der Waals surface area contributed by atoms with Gasteiger partial charge in [-0.3, -0.25) is 8.37 Å². The Morgan fingerprint density at radius 2 is 0.612 bits per heavy atom. The Balaban J connectivity index is 0.000000220. The van der Waals surface area contributed by atoms with Crippen LogP contribution in [0.5, 0.6) is 34.5 Å². The monoisotopic (exact) mass is 1670 g/mol. The van der Waals surface area contributed by atoms with E-state index in [1.807, 2.05) is 146 Å². The standard InChI is InChI=1S/2C30H36O6.2C11H22O10S/c2*1-31-26-11-4-22(5-12-26)18-34-21-25-10-17-29(35-19-23-6-13-27(32-2)14-7-23)30(25)36-20-24-8-15-28(33-3)16-9-24;2*12-3-6-5(1-7(14)10(6)16)2-8(15)11(17)9(4-13)21-22(18,19)20/h2*4-9,11-16,25,29-30H,10,17-21H2,1-3H3;2*5-17H,1-4H2,(H,18,19,20)/p-2/t2*25-,29-,30-;5-,6-,7+,8+,9-,10+,11-;5-,6-,7+,8-,9+,10+,11+/m1100/s1. The van der Waals surface area contributed by atoms with Gasteiger partial charge in [0.2, 0.25) is 20.8 Å². The second-order valence-corrected chi connectivity index (χ2v) is 30.9. The first kappa shape index (κ1) is 96.3. The van der Waals surface area contributed by atoms with Gasteiger partial charge in [-0.1, -0.05) is 72.8 Å². The van der Waals surface area contributed by atoms with Crippen LogP contribution in [0.4, 0.5) is 0 Å². The molecule has 10 rings (SSSR count). The highest BCUT2D eigenvalue weighted by Crippen LogP contribution is 2.39. The molecule has 12 N–H and O–H groups in total. The van der Waals surface area contributed by atoms with E-state index in [2.05, 4.69) is 8.37 Å². The predicted molar refractivity (Wildman–Crippen MR) is 415 cm³/mol. The molecule has 648 valence electrons. The van der Waals surface area contributed by atoms with Crippen LogP contribution >= 0.6 is 0 Å². The van der Waals surface area contributed by atoms with Crippen LogP contribution < -0.4 is 28.4 Å². The minimum atomic E-state index is -5.18. The van der Waals surface area contributed by atoms with E-state index in [1.165, 1.54) is 0 Å². The number of benzene rings is 6. The van der Waals surface area contributed by atoms with Crippen molar-refractivity contribution in [3.63, 3.8) is 0 Å². The predicted octanol–water partition coefficient (Wildman–Crippen LogP) is 4.19. The summed E-state index contributed by atoms with van der Waals surface area (Å²) < 4.78 is 140. The van der Waals surface area contributed by atoms with Crippen LogP contribution in [-0.2, 0) is 97.2 Å². The molecule has 0 aromatic heterocycles. The zero-order valence-corrected chi connectivity index (χ0v) is 67.5. The van der Waals surface area contributed by atoms with Crippen molar-refractivity contribution in [1.82, 2.24) is 0 Å². The van der Waals surface area contributed by atoms with E-state index in [0.717, 1.165) is 93.6 Å². The Morgan fingerprint density at radius 1 is 0.362 bits per heavy atom. The third-order valence-corrected chi connectivity index (χ3v) is 22.1. The maximum atomic E-state index is 10.5. The molecule has 0 amide bonds. The fourth-order valence-corrected chi connectivity index (χ4v) is 15.5. The molecule has 0 radical (unpaired) electrons. The molecule has 0 heterocycles. The lowest BCUT2D eigenvalue weighted by atomic mass is 9.88. The molecular formula is C82H114O32S2-2. The number of methoxy groups -OCH3 is 6. The zero-order valence-electron chi connectivity index (χ0n) is 65.9. The van der Waals surface area contributed by atoms with E-state index in [1.54, 1.807) is 42.7 Å². The topological polar surface area (TPSA) is 486 Å². The van der Waals surface area contributed by atoms with E-state index in [4.69, 9.17) is 67.1 Å². The summed E-state index contributed by atoms with van der Waals surface area (Å²) in [5.74, 6) is 3.08. The van der Waals surface area contributed by atoms with Crippen LogP contribution in [0.25, 0.3) is 0 Å². The quantitative estimate of drug-likeness (QED) is 0.0189. The lowest BCUT2D eigenvalue weighted by Gasteiger charge is -2.29. The van der Waals surface area contributed by atoms with Gasteiger partial charge < -0.3 is 127 Å². The minimum absolute atomic E-state index is 0.0138. The van der Waals surface area contributed by atoms with Crippen molar-refractivity contribution < 1.29 is 152 Å². The van der Waals surface area contributed by atoms with Gasteiger partial charge in [0, 0.05) is 36.9 Å². The van der Waals surface area contributed by atoms with Crippen LogP contribution in [0.2, 0.25) is 0 Å². The van der Waals surface area contributed by atoms with E-state index in [0.29, 0.717) is 52.9 Å². The van der Waals surface area contributed by atoms with E-state index in [9.17, 15) is 77.0 Å². The highest BCUT2D eigenvalue weighted by atomic mass is 32.3. The Bertz CT molecular complexity index is 3670. The molecule has 4 aliphatic carbocycles. The first-order valence-electron chi connectivity index (χ1n) is 38.1. The average molecular weight is 1680 g/mol. The van der Waals surface area contributed by atoms with Gasteiger partial charge in [0.25, 0.3) is 0 Å². The largest absolute Gasteiger partial charge is 0.726 e. The lowest BCUT2D eigenvalue weighted by molar-refractivity contribution is -0.0948. The zero-order chi connectivity index (χ0) is 84.5. The SMILES string of the molecule is COc1ccc(COC[C@H]2CC[C@@H](OCc3ccc(OC)cc3)[C@@H]2OCc2ccc(OC)cc2)cc1.COc1ccc(COC[C@H]2CC[C@@H](OCc3ccc(OC)cc3)[C@@H]2OCc2ccc(OC)cc2)cc1.O=S(=O)([O-])O[C@@H](CO)[C@@H](O)[C@H](O)C[C@@H]1C[C@@H](O)[C@H](O)[C@H]1CO.O=S(=O)([O-])O[C@H](CO)[C@H](O)[C@@H](O)C[C@@H]1C[C@@H](O)[C@H](O)[C@H]1CO. The number of hydrogen-bond donors (Lipinski definition) is 12. The van der Waals surface area contributed by atoms with Gasteiger partial charge in [-0.15, -0.1) is 0 Å². The number of hydrogen-bond acceptors (Lipinski definition) is 32. The summed E-state index contributed by atoms with van der Waals surface area (Å²) in [6, 6.07) is 47.9. The Kier molecular flexibility index (Phi) is 40.7. The summed E-state index contributed by atoms with van der Waals surface area (Å²) in [6.07, 6.45) is -11.5. The van der Waals surface area contributed by atoms with Gasteiger partial charge >= 0.3 is 0 Å². The molecule has 20 atom stereocenters. The molecule has 0 aliphatic heterocycles. The van der Waals surface area contributed by atoms with Gasteiger partial charge in [0.15, 0.2) is 0 Å². The molecule has 0 unspecified atom stereocenters. The molecule has 0 spiro atoms. The second-order valence-electron chi connectivity index (χ2n) is 28.9. The van der Waals surface area contributed by atoms with Crippen molar-refractivity contribution in [1.29, 1.82) is 0 Å². The second kappa shape index (κ2) is 49.0. The maximum absolute atomic E-state index is 10.5. The number of ether oxygens (including phenoxy) is 12. The van der Waals surface area contributed by atoms with Gasteiger partial charge in [-0.2, -0.15) is 0 Å². The first-order chi connectivity index (χ1) is 55.6. The summed E-state index contributed by atoms with van der Waals surface area (Å²) in [6.45, 7) is 1.57. The third kappa shape index (κ3) is 31.1. The molecule has 116 heavy (non-hydrogen) atoms. The van der Waals surface area contributed by atoms with E-state index in [-0.39, 0.29) is 61.9 Å². The van der Waals surface area contributed by atoms with E-state index >= 15 is 0 Å². The molecule has 4 aliphatic rings. The van der Waals surface area contributed by atoms with Gasteiger partial charge in [-0.05, 0) is 169 Å². The summed E-state index contributed by atoms with van der Waals surface area (Å²) in [5, 5.41) is 114. The van der Waals surface area contributed by atoms with E-state index < -0.39 is 132 Å². The average Bonchev–Trinajstić information content (AvgIpc) is 1.68. The van der Waals surface area contributed by atoms with Crippen molar-refractivity contribution in [3.8, 4) is 34.5 Å². The van der Waals surface area contributed by atoms with Crippen molar-refractivity contribution in [3.05, 3.63) is 179 Å². The maximum Gasteiger partial charge on any atom is 0.218 e. The molecule has 6 aromatic carbocycles. The summed E-state index contributed by atoms with van der Waals surface area (Å²) in [4.78, 5) is 0. The molecular weight excluding hydrogens is 1560 g/mol. The number of aliphatic hydroxyl groups excluding tert-OH is 12. The Morgan fingerprint density at radius 3 is 0.845 bits per heavy atom. The van der Waals surface area contributed by atoms with Gasteiger partial charge in [0.05, 0.1) is 170 Å². The fourth-order valence-electron chi connectivity index (χ4n) is 14.5. The fraction of sp³-hybridized carbons (Fsp3) is 0.561. The van der Waals surface area contributed by atoms with Crippen molar-refractivity contribution in [2.45, 2.75) is 176 Å². The number of rotatable bonds is 42. The van der Waals surface area contributed by atoms with Crippen LogP contribution in [0.15, 0.2) is 146 Å². The normalized spacial score (nSPS) is 24.7. The van der Waals surface area contributed by atoms with Crippen molar-refractivity contribution in [2.75, 3.05) is 82.3 Å². The van der Waals surface area contributed by atoms with Crippen LogP contribution in [0, 0.1) is 35.5 Å². The molecule has 4 saturated carbocycles. The number of aliphatic hydroxyl groups is 12.